The first-order chi connectivity index (χ1) is 13.2. The number of nitrogens with one attached hydrogen (secondary N) is 1. The Bertz CT molecular complexity index is 894. The lowest BCUT2D eigenvalue weighted by Gasteiger charge is -2.10. The van der Waals surface area contributed by atoms with Crippen LogP contribution < -0.4 is 5.32 Å². The van der Waals surface area contributed by atoms with Gasteiger partial charge in [0, 0.05) is 30.2 Å². The number of carbonyl (C=O) groups is 1. The van der Waals surface area contributed by atoms with Crippen molar-refractivity contribution in [2.45, 2.75) is 38.4 Å². The number of carbonyl (C=O) groups excluding carboxylic acids is 1. The van der Waals surface area contributed by atoms with Gasteiger partial charge in [0.2, 0.25) is 5.91 Å². The molecule has 0 unspecified atom stereocenters. The fourth-order valence-electron chi connectivity index (χ4n) is 2.80. The number of hydrogen-bond donors (Lipinski definition) is 1. The minimum absolute atomic E-state index is 0.0464. The molecule has 0 atom stereocenters. The van der Waals surface area contributed by atoms with Crippen molar-refractivity contribution in [3.63, 3.8) is 0 Å². The van der Waals surface area contributed by atoms with Gasteiger partial charge in [0.15, 0.2) is 11.0 Å². The molecule has 0 saturated carbocycles. The molecule has 0 aliphatic heterocycles. The van der Waals surface area contributed by atoms with Gasteiger partial charge in [-0.25, -0.2) is 0 Å². The molecular formula is C20H23N5OS. The van der Waals surface area contributed by atoms with E-state index in [2.05, 4.69) is 38.9 Å². The molecule has 0 aliphatic carbocycles. The van der Waals surface area contributed by atoms with Crippen LogP contribution in [0.15, 0.2) is 53.9 Å². The van der Waals surface area contributed by atoms with Crippen LogP contribution in [0.5, 0.6) is 0 Å². The maximum atomic E-state index is 12.4. The number of thioether (sulfide) groups is 1. The summed E-state index contributed by atoms with van der Waals surface area (Å²) in [5.74, 6) is 1.02. The van der Waals surface area contributed by atoms with Crippen molar-refractivity contribution in [2.24, 2.45) is 0 Å². The molecule has 0 saturated heterocycles. The number of aromatic nitrogens is 4. The number of hydrogen-bond acceptors (Lipinski definition) is 5. The van der Waals surface area contributed by atoms with Gasteiger partial charge in [-0.15, -0.1) is 10.2 Å². The van der Waals surface area contributed by atoms with Crippen molar-refractivity contribution < 1.29 is 4.79 Å². The first kappa shape index (κ1) is 19.1. The Morgan fingerprint density at radius 3 is 2.74 bits per heavy atom. The summed E-state index contributed by atoms with van der Waals surface area (Å²) in [4.78, 5) is 16.6. The van der Waals surface area contributed by atoms with Gasteiger partial charge in [-0.2, -0.15) is 0 Å². The van der Waals surface area contributed by atoms with Crippen molar-refractivity contribution >= 4 is 23.4 Å². The Balaban J connectivity index is 1.70. The van der Waals surface area contributed by atoms with Gasteiger partial charge < -0.3 is 9.88 Å². The molecule has 0 bridgehead atoms. The number of benzene rings is 1. The fraction of sp³-hybridized carbons (Fsp3) is 0.300. The van der Waals surface area contributed by atoms with Crippen LogP contribution in [0.3, 0.4) is 0 Å². The molecule has 3 aromatic rings. The molecule has 2 heterocycles. The van der Waals surface area contributed by atoms with Gasteiger partial charge >= 0.3 is 0 Å². The molecule has 1 N–H and O–H groups in total. The Morgan fingerprint density at radius 2 is 2.00 bits per heavy atom. The Hall–Kier alpha value is -2.67. The second-order valence-electron chi connectivity index (χ2n) is 6.05. The SMILES string of the molecule is CCCn1c(SCC(=O)Nc2ccccc2CC)nnc1-c1cccnc1. The molecular weight excluding hydrogens is 358 g/mol. The number of para-hydroxylation sites is 1. The summed E-state index contributed by atoms with van der Waals surface area (Å²) in [6, 6.07) is 11.7. The van der Waals surface area contributed by atoms with E-state index in [0.29, 0.717) is 0 Å². The highest BCUT2D eigenvalue weighted by molar-refractivity contribution is 7.99. The third-order valence-corrected chi connectivity index (χ3v) is 5.06. The predicted molar refractivity (Wildman–Crippen MR) is 109 cm³/mol. The summed E-state index contributed by atoms with van der Waals surface area (Å²) >= 11 is 1.40. The van der Waals surface area contributed by atoms with Crippen molar-refractivity contribution in [1.82, 2.24) is 19.7 Å². The third kappa shape index (κ3) is 4.74. The summed E-state index contributed by atoms with van der Waals surface area (Å²) in [5.41, 5.74) is 2.92. The molecule has 0 aliphatic rings. The lowest BCUT2D eigenvalue weighted by atomic mass is 10.1. The summed E-state index contributed by atoms with van der Waals surface area (Å²) in [7, 11) is 0. The predicted octanol–water partition coefficient (Wildman–Crippen LogP) is 4.04. The molecule has 140 valence electrons. The van der Waals surface area contributed by atoms with Crippen molar-refractivity contribution in [2.75, 3.05) is 11.1 Å². The largest absolute Gasteiger partial charge is 0.325 e. The zero-order valence-electron chi connectivity index (χ0n) is 15.6. The lowest BCUT2D eigenvalue weighted by Crippen LogP contribution is -2.15. The molecule has 1 aromatic carbocycles. The van der Waals surface area contributed by atoms with E-state index < -0.39 is 0 Å². The minimum atomic E-state index is -0.0464. The Labute approximate surface area is 163 Å². The van der Waals surface area contributed by atoms with Gasteiger partial charge in [0.1, 0.15) is 0 Å². The van der Waals surface area contributed by atoms with Crippen LogP contribution in [-0.4, -0.2) is 31.4 Å². The number of pyridine rings is 1. The summed E-state index contributed by atoms with van der Waals surface area (Å²) in [6.45, 7) is 4.97. The lowest BCUT2D eigenvalue weighted by molar-refractivity contribution is -0.113. The molecule has 1 amide bonds. The van der Waals surface area contributed by atoms with E-state index in [9.17, 15) is 4.79 Å². The number of anilines is 1. The number of nitrogens with zero attached hydrogens (tertiary/aromatic N) is 4. The van der Waals surface area contributed by atoms with E-state index in [1.54, 1.807) is 12.4 Å². The maximum Gasteiger partial charge on any atom is 0.234 e. The van der Waals surface area contributed by atoms with Gasteiger partial charge in [-0.05, 0) is 36.6 Å². The van der Waals surface area contributed by atoms with Crippen molar-refractivity contribution in [3.8, 4) is 11.4 Å². The zero-order valence-corrected chi connectivity index (χ0v) is 16.4. The fourth-order valence-corrected chi connectivity index (χ4v) is 3.56. The van der Waals surface area contributed by atoms with Crippen LogP contribution in [0.1, 0.15) is 25.8 Å². The summed E-state index contributed by atoms with van der Waals surface area (Å²) in [6.07, 6.45) is 5.34. The summed E-state index contributed by atoms with van der Waals surface area (Å²) in [5, 5.41) is 12.3. The number of aryl methyl sites for hydroxylation is 1. The molecule has 27 heavy (non-hydrogen) atoms. The third-order valence-electron chi connectivity index (χ3n) is 4.09. The first-order valence-electron chi connectivity index (χ1n) is 9.07. The highest BCUT2D eigenvalue weighted by Crippen LogP contribution is 2.24. The van der Waals surface area contributed by atoms with E-state index in [1.807, 2.05) is 36.4 Å². The van der Waals surface area contributed by atoms with Crippen molar-refractivity contribution in [1.29, 1.82) is 0 Å². The van der Waals surface area contributed by atoms with Crippen LogP contribution in [-0.2, 0) is 17.8 Å². The van der Waals surface area contributed by atoms with Crippen LogP contribution in [0.2, 0.25) is 0 Å². The highest BCUT2D eigenvalue weighted by atomic mass is 32.2. The molecule has 0 spiro atoms. The highest BCUT2D eigenvalue weighted by Gasteiger charge is 2.15. The molecule has 2 aromatic heterocycles. The van der Waals surface area contributed by atoms with Gasteiger partial charge in [0.05, 0.1) is 5.75 Å². The van der Waals surface area contributed by atoms with E-state index in [0.717, 1.165) is 47.2 Å². The average molecular weight is 382 g/mol. The van der Waals surface area contributed by atoms with Crippen LogP contribution in [0, 0.1) is 0 Å². The topological polar surface area (TPSA) is 72.7 Å². The summed E-state index contributed by atoms with van der Waals surface area (Å²) < 4.78 is 2.05. The molecule has 0 radical (unpaired) electrons. The maximum absolute atomic E-state index is 12.4. The van der Waals surface area contributed by atoms with Crippen LogP contribution in [0.25, 0.3) is 11.4 Å². The second-order valence-corrected chi connectivity index (χ2v) is 6.99. The first-order valence-corrected chi connectivity index (χ1v) is 10.1. The van der Waals surface area contributed by atoms with Crippen LogP contribution in [0.4, 0.5) is 5.69 Å². The monoisotopic (exact) mass is 381 g/mol. The normalized spacial score (nSPS) is 10.7. The Morgan fingerprint density at radius 1 is 1.15 bits per heavy atom. The standard InChI is InChI=1S/C20H23N5OS/c1-3-12-25-19(16-9-7-11-21-13-16)23-24-20(25)27-14-18(26)22-17-10-6-5-8-15(17)4-2/h5-11,13H,3-4,12,14H2,1-2H3,(H,22,26). The van der Waals surface area contributed by atoms with Crippen molar-refractivity contribution in [3.05, 3.63) is 54.4 Å². The number of rotatable bonds is 8. The smallest absolute Gasteiger partial charge is 0.234 e. The Kier molecular flexibility index (Phi) is 6.59. The molecule has 7 heteroatoms. The quantitative estimate of drug-likeness (QED) is 0.596. The molecule has 0 fully saturated rings. The molecule has 3 rings (SSSR count). The van der Waals surface area contributed by atoms with Gasteiger partial charge in [-0.1, -0.05) is 43.8 Å². The molecule has 6 nitrogen and oxygen atoms in total. The van der Waals surface area contributed by atoms with E-state index in [-0.39, 0.29) is 11.7 Å². The number of amides is 1. The van der Waals surface area contributed by atoms with Crippen LogP contribution >= 0.6 is 11.8 Å². The minimum Gasteiger partial charge on any atom is -0.325 e. The van der Waals surface area contributed by atoms with E-state index >= 15 is 0 Å². The van der Waals surface area contributed by atoms with Gasteiger partial charge in [0.25, 0.3) is 0 Å². The second kappa shape index (κ2) is 9.32. The zero-order chi connectivity index (χ0) is 19.1. The van der Waals surface area contributed by atoms with E-state index in [1.165, 1.54) is 11.8 Å². The van der Waals surface area contributed by atoms with E-state index in [4.69, 9.17) is 0 Å². The average Bonchev–Trinajstić information content (AvgIpc) is 3.10. The van der Waals surface area contributed by atoms with Gasteiger partial charge in [-0.3, -0.25) is 9.78 Å².